The van der Waals surface area contributed by atoms with Gasteiger partial charge in [-0.1, -0.05) is 188 Å². The van der Waals surface area contributed by atoms with E-state index in [0.29, 0.717) is 0 Å². The molecule has 0 N–H and O–H groups in total. The molecule has 0 atom stereocenters. The van der Waals surface area contributed by atoms with Crippen molar-refractivity contribution in [3.63, 3.8) is 0 Å². The Morgan fingerprint density at radius 1 is 0.344 bits per heavy atom. The number of hydrogen-bond acceptors (Lipinski definition) is 2. The van der Waals surface area contributed by atoms with Gasteiger partial charge in [0, 0.05) is 37.1 Å². The van der Waals surface area contributed by atoms with Crippen LogP contribution in [0.2, 0.25) is 0 Å². The summed E-state index contributed by atoms with van der Waals surface area (Å²) >= 11 is 1.88. The molecule has 1 heterocycles. The fourth-order valence-corrected chi connectivity index (χ4v) is 12.0. The normalized spacial score (nSPS) is 13.0. The van der Waals surface area contributed by atoms with E-state index in [1.165, 1.54) is 103 Å². The number of rotatable bonds is 5. The maximum Gasteiger partial charge on any atom is 0.0726 e. The van der Waals surface area contributed by atoms with Crippen molar-refractivity contribution in [2.75, 3.05) is 4.90 Å². The minimum atomic E-state index is -0.433. The average Bonchev–Trinajstić information content (AvgIpc) is 3.97. The molecular weight excluding hydrogens is 755 g/mol. The smallest absolute Gasteiger partial charge is 0.0726 e. The molecule has 1 nitrogen and oxygen atoms in total. The number of benzene rings is 10. The maximum atomic E-state index is 2.50. The van der Waals surface area contributed by atoms with Crippen LogP contribution in [-0.2, 0) is 5.41 Å². The second-order valence-electron chi connectivity index (χ2n) is 16.3. The number of hydrogen-bond donors (Lipinski definition) is 0. The zero-order valence-corrected chi connectivity index (χ0v) is 34.0. The summed E-state index contributed by atoms with van der Waals surface area (Å²) in [6.45, 7) is 0. The van der Waals surface area contributed by atoms with Crippen molar-refractivity contribution in [1.29, 1.82) is 0 Å². The van der Waals surface area contributed by atoms with Crippen molar-refractivity contribution in [3.8, 4) is 44.5 Å². The van der Waals surface area contributed by atoms with Gasteiger partial charge >= 0.3 is 0 Å². The fourth-order valence-electron chi connectivity index (χ4n) is 10.8. The summed E-state index contributed by atoms with van der Waals surface area (Å²) in [5.74, 6) is 0. The molecule has 1 spiro atoms. The third kappa shape index (κ3) is 4.88. The van der Waals surface area contributed by atoms with Gasteiger partial charge in [0.25, 0.3) is 0 Å². The summed E-state index contributed by atoms with van der Waals surface area (Å²) in [7, 11) is 0. The molecule has 0 aliphatic heterocycles. The highest BCUT2D eigenvalue weighted by molar-refractivity contribution is 7.26. The van der Waals surface area contributed by atoms with E-state index in [0.717, 1.165) is 11.4 Å². The molecule has 0 saturated carbocycles. The van der Waals surface area contributed by atoms with E-state index in [9.17, 15) is 0 Å². The molecule has 0 bridgehead atoms. The molecule has 61 heavy (non-hydrogen) atoms. The quantitative estimate of drug-likeness (QED) is 0.168. The third-order valence-electron chi connectivity index (χ3n) is 13.3. The van der Waals surface area contributed by atoms with Crippen molar-refractivity contribution in [2.24, 2.45) is 0 Å². The van der Waals surface area contributed by atoms with E-state index in [4.69, 9.17) is 0 Å². The summed E-state index contributed by atoms with van der Waals surface area (Å²) in [4.78, 5) is 2.50. The van der Waals surface area contributed by atoms with E-state index in [-0.39, 0.29) is 0 Å². The number of thiophene rings is 1. The van der Waals surface area contributed by atoms with Crippen LogP contribution in [0.15, 0.2) is 224 Å². The van der Waals surface area contributed by atoms with Crippen LogP contribution in [0, 0.1) is 0 Å². The highest BCUT2D eigenvalue weighted by Crippen LogP contribution is 2.64. The van der Waals surface area contributed by atoms with Crippen LogP contribution in [0.1, 0.15) is 22.3 Å². The Morgan fingerprint density at radius 3 is 1.70 bits per heavy atom. The molecule has 2 aliphatic carbocycles. The molecule has 1 aromatic heterocycles. The van der Waals surface area contributed by atoms with Crippen LogP contribution in [0.3, 0.4) is 0 Å². The van der Waals surface area contributed by atoms with Gasteiger partial charge in [0.15, 0.2) is 0 Å². The Kier molecular flexibility index (Phi) is 7.46. The largest absolute Gasteiger partial charge is 0.310 e. The van der Waals surface area contributed by atoms with Crippen molar-refractivity contribution >= 4 is 59.3 Å². The summed E-state index contributed by atoms with van der Waals surface area (Å²) in [5.41, 5.74) is 18.4. The SMILES string of the molecule is c1cc(-c2cccc3c2sc2ccccc23)cc(N(c2ccc(-c3cccc4ccccc34)cc2)c2cccc3c2-c2ccccc2C32c3ccccc3-c3ccccc32)c1. The molecular formula is C59H37NS. The molecule has 2 aliphatic rings. The monoisotopic (exact) mass is 791 g/mol. The zero-order chi connectivity index (χ0) is 40.1. The minimum absolute atomic E-state index is 0.433. The minimum Gasteiger partial charge on any atom is -0.310 e. The summed E-state index contributed by atoms with van der Waals surface area (Å²) in [6, 6.07) is 83.5. The second kappa shape index (κ2) is 13.2. The number of anilines is 3. The van der Waals surface area contributed by atoms with E-state index in [1.54, 1.807) is 0 Å². The first-order valence-electron chi connectivity index (χ1n) is 21.1. The van der Waals surface area contributed by atoms with Gasteiger partial charge in [-0.25, -0.2) is 0 Å². The summed E-state index contributed by atoms with van der Waals surface area (Å²) in [6.07, 6.45) is 0. The fraction of sp³-hybridized carbons (Fsp3) is 0.0169. The molecule has 0 unspecified atom stereocenters. The van der Waals surface area contributed by atoms with Gasteiger partial charge in [-0.2, -0.15) is 0 Å². The van der Waals surface area contributed by atoms with Crippen LogP contribution in [0.4, 0.5) is 17.1 Å². The first-order chi connectivity index (χ1) is 30.3. The number of fused-ring (bicyclic) bond motifs is 14. The van der Waals surface area contributed by atoms with Gasteiger partial charge < -0.3 is 4.90 Å². The van der Waals surface area contributed by atoms with Gasteiger partial charge in [-0.15, -0.1) is 11.3 Å². The van der Waals surface area contributed by atoms with Crippen molar-refractivity contribution in [2.45, 2.75) is 5.41 Å². The molecule has 2 heteroatoms. The Morgan fingerprint density at radius 2 is 0.902 bits per heavy atom. The third-order valence-corrected chi connectivity index (χ3v) is 14.5. The topological polar surface area (TPSA) is 3.24 Å². The van der Waals surface area contributed by atoms with Crippen LogP contribution < -0.4 is 4.90 Å². The standard InChI is InChI=1S/C59H37NS/c1-2-19-43-38(15-1)16-12-24-44(43)39-33-35-41(36-34-39)60(42-18-11-17-40(37-42)45-25-13-26-49-48-22-6-10-32-56(48)61-58(45)49)55-31-14-30-54-57(55)50-23-5-9-29-53(50)59(54)51-27-7-3-20-46(51)47-21-4-8-28-52(47)59/h1-37H. The summed E-state index contributed by atoms with van der Waals surface area (Å²) in [5, 5.41) is 5.14. The lowest BCUT2D eigenvalue weighted by molar-refractivity contribution is 0.794. The molecule has 13 rings (SSSR count). The maximum absolute atomic E-state index is 2.50. The lowest BCUT2D eigenvalue weighted by atomic mass is 9.70. The molecule has 10 aromatic carbocycles. The van der Waals surface area contributed by atoms with E-state index >= 15 is 0 Å². The highest BCUT2D eigenvalue weighted by atomic mass is 32.1. The van der Waals surface area contributed by atoms with Gasteiger partial charge in [0.2, 0.25) is 0 Å². The van der Waals surface area contributed by atoms with E-state index in [2.05, 4.69) is 229 Å². The van der Waals surface area contributed by atoms with Crippen molar-refractivity contribution in [1.82, 2.24) is 0 Å². The predicted molar refractivity (Wildman–Crippen MR) is 259 cm³/mol. The second-order valence-corrected chi connectivity index (χ2v) is 17.4. The van der Waals surface area contributed by atoms with Crippen molar-refractivity contribution < 1.29 is 0 Å². The lowest BCUT2D eigenvalue weighted by Gasteiger charge is -2.32. The van der Waals surface area contributed by atoms with Gasteiger partial charge in [0.1, 0.15) is 0 Å². The molecule has 284 valence electrons. The Balaban J connectivity index is 1.06. The van der Waals surface area contributed by atoms with Crippen LogP contribution in [0.5, 0.6) is 0 Å². The van der Waals surface area contributed by atoms with Gasteiger partial charge in [0.05, 0.1) is 11.1 Å². The summed E-state index contributed by atoms with van der Waals surface area (Å²) < 4.78 is 2.64. The lowest BCUT2D eigenvalue weighted by Crippen LogP contribution is -2.26. The predicted octanol–water partition coefficient (Wildman–Crippen LogP) is 16.4. The Hall–Kier alpha value is -7.52. The molecule has 0 fully saturated rings. The Labute approximate surface area is 359 Å². The van der Waals surface area contributed by atoms with Gasteiger partial charge in [-0.05, 0) is 108 Å². The zero-order valence-electron chi connectivity index (χ0n) is 33.2. The number of nitrogens with zero attached hydrogens (tertiary/aromatic N) is 1. The first-order valence-corrected chi connectivity index (χ1v) is 21.9. The first kappa shape index (κ1) is 34.4. The van der Waals surface area contributed by atoms with Crippen LogP contribution in [0.25, 0.3) is 75.5 Å². The van der Waals surface area contributed by atoms with Gasteiger partial charge in [-0.3, -0.25) is 0 Å². The van der Waals surface area contributed by atoms with Crippen LogP contribution >= 0.6 is 11.3 Å². The highest BCUT2D eigenvalue weighted by Gasteiger charge is 2.52. The molecule has 0 radical (unpaired) electrons. The Bertz CT molecular complexity index is 3500. The molecule has 0 saturated heterocycles. The average molecular weight is 792 g/mol. The molecule has 0 amide bonds. The van der Waals surface area contributed by atoms with E-state index in [1.807, 2.05) is 11.3 Å². The van der Waals surface area contributed by atoms with Crippen LogP contribution in [-0.4, -0.2) is 0 Å². The molecule has 11 aromatic rings. The van der Waals surface area contributed by atoms with Crippen molar-refractivity contribution in [3.05, 3.63) is 247 Å². The van der Waals surface area contributed by atoms with E-state index < -0.39 is 5.41 Å².